The average molecular weight is 355 g/mol. The van der Waals surface area contributed by atoms with E-state index in [2.05, 4.69) is 37.4 Å². The molecular weight excluding hydrogens is 324 g/mol. The monoisotopic (exact) mass is 354 g/mol. The minimum absolute atomic E-state index is 0.0878. The van der Waals surface area contributed by atoms with E-state index in [-0.39, 0.29) is 17.4 Å². The first kappa shape index (κ1) is 20.6. The lowest BCUT2D eigenvalue weighted by Gasteiger charge is -2.29. The quantitative estimate of drug-likeness (QED) is 0.691. The SMILES string of the molecule is COC(=O)c1csc(CN(C(=O)C[C@@H](C)CC(C)(C)C)C(C)C)n1. The summed E-state index contributed by atoms with van der Waals surface area (Å²) in [6.07, 6.45) is 1.54. The van der Waals surface area contributed by atoms with Crippen LogP contribution in [0.25, 0.3) is 0 Å². The number of nitrogens with zero attached hydrogens (tertiary/aromatic N) is 2. The molecule has 0 saturated carbocycles. The molecule has 0 unspecified atom stereocenters. The van der Waals surface area contributed by atoms with Crippen molar-refractivity contribution in [1.29, 1.82) is 0 Å². The van der Waals surface area contributed by atoms with E-state index in [0.29, 0.717) is 24.6 Å². The minimum Gasteiger partial charge on any atom is -0.464 e. The van der Waals surface area contributed by atoms with Crippen molar-refractivity contribution in [3.63, 3.8) is 0 Å². The molecule has 1 rings (SSSR count). The third-order valence-electron chi connectivity index (χ3n) is 3.68. The summed E-state index contributed by atoms with van der Waals surface area (Å²) in [5.41, 5.74) is 0.516. The number of thiazole rings is 1. The van der Waals surface area contributed by atoms with Gasteiger partial charge in [-0.3, -0.25) is 4.79 Å². The van der Waals surface area contributed by atoms with E-state index in [9.17, 15) is 9.59 Å². The summed E-state index contributed by atoms with van der Waals surface area (Å²) in [5.74, 6) is 0.0240. The number of ether oxygens (including phenoxy) is 1. The second-order valence-corrected chi connectivity index (χ2v) is 8.75. The average Bonchev–Trinajstić information content (AvgIpc) is 2.89. The minimum atomic E-state index is -0.446. The molecule has 0 aromatic carbocycles. The van der Waals surface area contributed by atoms with Crippen LogP contribution in [0, 0.1) is 11.3 Å². The summed E-state index contributed by atoms with van der Waals surface area (Å²) in [7, 11) is 1.34. The zero-order valence-electron chi connectivity index (χ0n) is 15.9. The van der Waals surface area contributed by atoms with Crippen LogP contribution in [-0.4, -0.2) is 34.9 Å². The number of esters is 1. The first-order chi connectivity index (χ1) is 11.0. The Kier molecular flexibility index (Phi) is 7.39. The normalized spacial score (nSPS) is 13.0. The van der Waals surface area contributed by atoms with E-state index in [1.165, 1.54) is 18.4 Å². The van der Waals surface area contributed by atoms with Crippen LogP contribution in [0.3, 0.4) is 0 Å². The van der Waals surface area contributed by atoms with E-state index in [0.717, 1.165) is 11.4 Å². The summed E-state index contributed by atoms with van der Waals surface area (Å²) < 4.78 is 4.67. The smallest absolute Gasteiger partial charge is 0.357 e. The van der Waals surface area contributed by atoms with E-state index < -0.39 is 5.97 Å². The molecule has 1 amide bonds. The van der Waals surface area contributed by atoms with Crippen molar-refractivity contribution in [2.75, 3.05) is 7.11 Å². The van der Waals surface area contributed by atoms with Crippen molar-refractivity contribution >= 4 is 23.2 Å². The maximum Gasteiger partial charge on any atom is 0.357 e. The summed E-state index contributed by atoms with van der Waals surface area (Å²) >= 11 is 1.38. The molecular formula is C18H30N2O3S. The van der Waals surface area contributed by atoms with Gasteiger partial charge in [0.1, 0.15) is 5.01 Å². The molecule has 1 aromatic rings. The van der Waals surface area contributed by atoms with Gasteiger partial charge in [-0.05, 0) is 31.6 Å². The molecule has 0 radical (unpaired) electrons. The molecule has 1 heterocycles. The molecule has 0 N–H and O–H groups in total. The molecule has 0 aliphatic heterocycles. The molecule has 0 aliphatic carbocycles. The molecule has 5 nitrogen and oxygen atoms in total. The number of hydrogen-bond acceptors (Lipinski definition) is 5. The van der Waals surface area contributed by atoms with Crippen LogP contribution in [0.15, 0.2) is 5.38 Å². The molecule has 0 bridgehead atoms. The number of carbonyl (C=O) groups is 2. The lowest BCUT2D eigenvalue weighted by molar-refractivity contribution is -0.134. The van der Waals surface area contributed by atoms with Crippen LogP contribution >= 0.6 is 11.3 Å². The standard InChI is InChI=1S/C18H30N2O3S/c1-12(2)20(16(21)8-13(3)9-18(4,5)6)10-15-19-14(11-24-15)17(22)23-7/h11-13H,8-10H2,1-7H3/t13-/m1/s1. The Labute approximate surface area is 149 Å². The summed E-state index contributed by atoms with van der Waals surface area (Å²) in [6.45, 7) is 13.1. The molecule has 0 saturated heterocycles. The van der Waals surface area contributed by atoms with Crippen molar-refractivity contribution in [1.82, 2.24) is 9.88 Å². The van der Waals surface area contributed by atoms with Crippen LogP contribution in [0.1, 0.15) is 69.9 Å². The Balaban J connectivity index is 2.74. The van der Waals surface area contributed by atoms with Crippen LogP contribution < -0.4 is 0 Å². The Morgan fingerprint density at radius 1 is 1.29 bits per heavy atom. The molecule has 6 heteroatoms. The number of amides is 1. The van der Waals surface area contributed by atoms with Gasteiger partial charge in [-0.25, -0.2) is 9.78 Å². The number of aromatic nitrogens is 1. The maximum atomic E-state index is 12.7. The van der Waals surface area contributed by atoms with E-state index in [1.807, 2.05) is 18.7 Å². The second kappa shape index (κ2) is 8.60. The van der Waals surface area contributed by atoms with Crippen molar-refractivity contribution in [3.05, 3.63) is 16.1 Å². The van der Waals surface area contributed by atoms with Crippen molar-refractivity contribution < 1.29 is 14.3 Å². The van der Waals surface area contributed by atoms with Gasteiger partial charge in [-0.15, -0.1) is 11.3 Å². The van der Waals surface area contributed by atoms with Gasteiger partial charge >= 0.3 is 5.97 Å². The highest BCUT2D eigenvalue weighted by molar-refractivity contribution is 7.09. The van der Waals surface area contributed by atoms with Crippen molar-refractivity contribution in [2.24, 2.45) is 11.3 Å². The first-order valence-corrected chi connectivity index (χ1v) is 9.23. The highest BCUT2D eigenvalue weighted by Gasteiger charge is 2.24. The van der Waals surface area contributed by atoms with Gasteiger partial charge in [-0.2, -0.15) is 0 Å². The molecule has 136 valence electrons. The van der Waals surface area contributed by atoms with Gasteiger partial charge in [0.2, 0.25) is 5.91 Å². The fourth-order valence-corrected chi connectivity index (χ4v) is 3.58. The second-order valence-electron chi connectivity index (χ2n) is 7.81. The highest BCUT2D eigenvalue weighted by Crippen LogP contribution is 2.27. The lowest BCUT2D eigenvalue weighted by Crippen LogP contribution is -2.37. The fourth-order valence-electron chi connectivity index (χ4n) is 2.82. The Bertz CT molecular complexity index is 561. The summed E-state index contributed by atoms with van der Waals surface area (Å²) in [5, 5.41) is 2.42. The Hall–Kier alpha value is -1.43. The highest BCUT2D eigenvalue weighted by atomic mass is 32.1. The van der Waals surface area contributed by atoms with Gasteiger partial charge in [0.25, 0.3) is 0 Å². The molecule has 0 spiro atoms. The zero-order chi connectivity index (χ0) is 18.5. The molecule has 24 heavy (non-hydrogen) atoms. The first-order valence-electron chi connectivity index (χ1n) is 8.35. The largest absolute Gasteiger partial charge is 0.464 e. The van der Waals surface area contributed by atoms with E-state index in [4.69, 9.17) is 0 Å². The van der Waals surface area contributed by atoms with Crippen molar-refractivity contribution in [2.45, 2.75) is 67.0 Å². The molecule has 1 atom stereocenters. The van der Waals surface area contributed by atoms with Gasteiger partial charge in [0.05, 0.1) is 13.7 Å². The Morgan fingerprint density at radius 2 is 1.92 bits per heavy atom. The van der Waals surface area contributed by atoms with Crippen LogP contribution in [0.4, 0.5) is 0 Å². The Morgan fingerprint density at radius 3 is 2.42 bits per heavy atom. The topological polar surface area (TPSA) is 59.5 Å². The fraction of sp³-hybridized carbons (Fsp3) is 0.722. The third kappa shape index (κ3) is 6.59. The molecule has 0 fully saturated rings. The number of hydrogen-bond donors (Lipinski definition) is 0. The predicted molar refractivity (Wildman–Crippen MR) is 97.0 cm³/mol. The lowest BCUT2D eigenvalue weighted by atomic mass is 9.84. The van der Waals surface area contributed by atoms with Crippen molar-refractivity contribution in [3.8, 4) is 0 Å². The van der Waals surface area contributed by atoms with Gasteiger partial charge in [0.15, 0.2) is 5.69 Å². The van der Waals surface area contributed by atoms with Gasteiger partial charge < -0.3 is 9.64 Å². The predicted octanol–water partition coefficient (Wildman–Crippen LogP) is 4.13. The summed E-state index contributed by atoms with van der Waals surface area (Å²) in [6, 6.07) is 0.0878. The zero-order valence-corrected chi connectivity index (χ0v) is 16.7. The van der Waals surface area contributed by atoms with Crippen LogP contribution in [0.2, 0.25) is 0 Å². The molecule has 1 aromatic heterocycles. The number of methoxy groups -OCH3 is 1. The van der Waals surface area contributed by atoms with Crippen LogP contribution in [0.5, 0.6) is 0 Å². The number of rotatable bonds is 7. The van der Waals surface area contributed by atoms with Crippen LogP contribution in [-0.2, 0) is 16.1 Å². The summed E-state index contributed by atoms with van der Waals surface area (Å²) in [4.78, 5) is 30.3. The van der Waals surface area contributed by atoms with Gasteiger partial charge in [0, 0.05) is 17.8 Å². The molecule has 0 aliphatic rings. The van der Waals surface area contributed by atoms with E-state index >= 15 is 0 Å². The maximum absolute atomic E-state index is 12.7. The third-order valence-corrected chi connectivity index (χ3v) is 4.51. The van der Waals surface area contributed by atoms with Gasteiger partial charge in [-0.1, -0.05) is 27.7 Å². The number of carbonyl (C=O) groups excluding carboxylic acids is 2. The van der Waals surface area contributed by atoms with E-state index in [1.54, 1.807) is 5.38 Å².